The maximum Gasteiger partial charge on any atom is 0.508 e. The van der Waals surface area contributed by atoms with E-state index in [1.807, 2.05) is 6.92 Å². The Morgan fingerprint density at radius 2 is 1.36 bits per heavy atom. The van der Waals surface area contributed by atoms with Crippen LogP contribution in [0.3, 0.4) is 0 Å². The largest absolute Gasteiger partial charge is 0.508 e. The van der Waals surface area contributed by atoms with Gasteiger partial charge in [0.1, 0.15) is 18.6 Å². The molecular formula is C19H32O6. The Balaban J connectivity index is 2.90. The number of carbonyl (C=O) groups is 3. The van der Waals surface area contributed by atoms with Gasteiger partial charge in [-0.05, 0) is 6.92 Å². The van der Waals surface area contributed by atoms with Crippen molar-refractivity contribution in [3.63, 3.8) is 0 Å². The molecule has 1 aliphatic rings. The van der Waals surface area contributed by atoms with Gasteiger partial charge in [-0.3, -0.25) is 9.59 Å². The van der Waals surface area contributed by atoms with E-state index in [0.717, 1.165) is 0 Å². The summed E-state index contributed by atoms with van der Waals surface area (Å²) < 4.78 is 15.6. The molecular weight excluding hydrogens is 324 g/mol. The fraction of sp³-hybridized carbons (Fsp3) is 0.842. The van der Waals surface area contributed by atoms with Gasteiger partial charge in [-0.1, -0.05) is 48.5 Å². The van der Waals surface area contributed by atoms with Crippen LogP contribution in [0.2, 0.25) is 0 Å². The zero-order valence-electron chi connectivity index (χ0n) is 16.8. The normalized spacial score (nSPS) is 18.3. The SMILES string of the molecule is CC1(COCC(C)(C(=O)C(C)(C)C)C(=O)C(C)(C)C)COC(=O)OC1. The number of cyclic esters (lactones) is 2. The van der Waals surface area contributed by atoms with Crippen molar-refractivity contribution in [2.45, 2.75) is 55.4 Å². The van der Waals surface area contributed by atoms with Crippen LogP contribution < -0.4 is 0 Å². The molecule has 0 bridgehead atoms. The third kappa shape index (κ3) is 5.27. The van der Waals surface area contributed by atoms with Gasteiger partial charge in [0.2, 0.25) is 0 Å². The Morgan fingerprint density at radius 3 is 1.72 bits per heavy atom. The average Bonchev–Trinajstić information content (AvgIpc) is 2.47. The molecule has 0 aromatic rings. The summed E-state index contributed by atoms with van der Waals surface area (Å²) in [5.74, 6) is -0.284. The molecule has 0 amide bonds. The van der Waals surface area contributed by atoms with Crippen LogP contribution in [0, 0.1) is 21.7 Å². The monoisotopic (exact) mass is 356 g/mol. The van der Waals surface area contributed by atoms with Gasteiger partial charge in [0.15, 0.2) is 11.6 Å². The molecule has 1 aliphatic heterocycles. The zero-order valence-corrected chi connectivity index (χ0v) is 16.8. The maximum absolute atomic E-state index is 13.0. The van der Waals surface area contributed by atoms with E-state index in [1.54, 1.807) is 48.5 Å². The summed E-state index contributed by atoms with van der Waals surface area (Å²) in [6.07, 6.45) is -0.687. The van der Waals surface area contributed by atoms with Gasteiger partial charge in [0.25, 0.3) is 0 Å². The van der Waals surface area contributed by atoms with Crippen LogP contribution in [0.1, 0.15) is 55.4 Å². The summed E-state index contributed by atoms with van der Waals surface area (Å²) in [6.45, 7) is 14.9. The fourth-order valence-electron chi connectivity index (χ4n) is 3.02. The van der Waals surface area contributed by atoms with Crippen molar-refractivity contribution < 1.29 is 28.6 Å². The predicted molar refractivity (Wildman–Crippen MR) is 93.3 cm³/mol. The summed E-state index contributed by atoms with van der Waals surface area (Å²) >= 11 is 0. The lowest BCUT2D eigenvalue weighted by Crippen LogP contribution is -2.51. The Bertz CT molecular complexity index is 499. The van der Waals surface area contributed by atoms with Crippen LogP contribution >= 0.6 is 0 Å². The number of hydrogen-bond donors (Lipinski definition) is 0. The second-order valence-electron chi connectivity index (χ2n) is 9.62. The van der Waals surface area contributed by atoms with Gasteiger partial charge in [-0.25, -0.2) is 4.79 Å². The van der Waals surface area contributed by atoms with Gasteiger partial charge < -0.3 is 14.2 Å². The molecule has 25 heavy (non-hydrogen) atoms. The highest BCUT2D eigenvalue weighted by molar-refractivity contribution is 6.10. The molecule has 6 nitrogen and oxygen atoms in total. The first-order valence-corrected chi connectivity index (χ1v) is 8.59. The molecule has 0 aromatic heterocycles. The lowest BCUT2D eigenvalue weighted by atomic mass is 9.66. The number of hydrogen-bond acceptors (Lipinski definition) is 6. The van der Waals surface area contributed by atoms with Crippen LogP contribution in [0.4, 0.5) is 4.79 Å². The van der Waals surface area contributed by atoms with Gasteiger partial charge in [-0.2, -0.15) is 0 Å². The van der Waals surface area contributed by atoms with Crippen molar-refractivity contribution in [1.29, 1.82) is 0 Å². The molecule has 144 valence electrons. The van der Waals surface area contributed by atoms with Crippen molar-refractivity contribution in [1.82, 2.24) is 0 Å². The first kappa shape index (κ1) is 21.6. The fourth-order valence-corrected chi connectivity index (χ4v) is 3.02. The third-order valence-corrected chi connectivity index (χ3v) is 4.28. The zero-order chi connectivity index (χ0) is 19.7. The van der Waals surface area contributed by atoms with Crippen molar-refractivity contribution >= 4 is 17.7 Å². The molecule has 0 spiro atoms. The van der Waals surface area contributed by atoms with E-state index >= 15 is 0 Å². The molecule has 0 aliphatic carbocycles. The summed E-state index contributed by atoms with van der Waals surface area (Å²) in [7, 11) is 0. The van der Waals surface area contributed by atoms with Crippen molar-refractivity contribution in [3.8, 4) is 0 Å². The molecule has 0 unspecified atom stereocenters. The number of ether oxygens (including phenoxy) is 3. The van der Waals surface area contributed by atoms with E-state index in [-0.39, 0.29) is 38.0 Å². The molecule has 6 heteroatoms. The smallest absolute Gasteiger partial charge is 0.433 e. The molecule has 0 atom stereocenters. The van der Waals surface area contributed by atoms with Gasteiger partial charge in [-0.15, -0.1) is 0 Å². The van der Waals surface area contributed by atoms with Crippen molar-refractivity contribution in [2.24, 2.45) is 21.7 Å². The number of rotatable bonds is 6. The minimum Gasteiger partial charge on any atom is -0.433 e. The molecule has 0 radical (unpaired) electrons. The quantitative estimate of drug-likeness (QED) is 0.536. The van der Waals surface area contributed by atoms with Gasteiger partial charge in [0.05, 0.1) is 18.6 Å². The molecule has 0 N–H and O–H groups in total. The van der Waals surface area contributed by atoms with E-state index in [0.29, 0.717) is 0 Å². The van der Waals surface area contributed by atoms with E-state index in [1.165, 1.54) is 0 Å². The highest BCUT2D eigenvalue weighted by Gasteiger charge is 2.49. The van der Waals surface area contributed by atoms with Gasteiger partial charge in [0, 0.05) is 10.8 Å². The van der Waals surface area contributed by atoms with Crippen molar-refractivity contribution in [3.05, 3.63) is 0 Å². The Morgan fingerprint density at radius 1 is 0.960 bits per heavy atom. The third-order valence-electron chi connectivity index (χ3n) is 4.28. The van der Waals surface area contributed by atoms with E-state index in [2.05, 4.69) is 0 Å². The first-order chi connectivity index (χ1) is 11.1. The minimum absolute atomic E-state index is 0.0112. The van der Waals surface area contributed by atoms with Crippen LogP contribution in [-0.2, 0) is 23.8 Å². The molecule has 1 rings (SSSR count). The van der Waals surface area contributed by atoms with Crippen molar-refractivity contribution in [2.75, 3.05) is 26.4 Å². The summed E-state index contributed by atoms with van der Waals surface area (Å²) in [5.41, 5.74) is -3.05. The molecule has 0 aromatic carbocycles. The Labute approximate surface area is 150 Å². The Hall–Kier alpha value is -1.43. The number of carbonyl (C=O) groups excluding carboxylic acids is 3. The van der Waals surface area contributed by atoms with Gasteiger partial charge >= 0.3 is 6.16 Å². The highest BCUT2D eigenvalue weighted by atomic mass is 16.7. The topological polar surface area (TPSA) is 78.9 Å². The summed E-state index contributed by atoms with van der Waals surface area (Å²) in [4.78, 5) is 37.0. The van der Waals surface area contributed by atoms with E-state index in [4.69, 9.17) is 14.2 Å². The second-order valence-corrected chi connectivity index (χ2v) is 9.62. The maximum atomic E-state index is 13.0. The molecule has 0 saturated carbocycles. The summed E-state index contributed by atoms with van der Waals surface area (Å²) in [5, 5.41) is 0. The molecule has 1 saturated heterocycles. The highest BCUT2D eigenvalue weighted by Crippen LogP contribution is 2.37. The standard InChI is InChI=1S/C19H32O6/c1-16(2,3)13(20)19(8,14(21)17(4,5)6)12-23-9-18(7)10-24-15(22)25-11-18/h9-12H2,1-8H3. The van der Waals surface area contributed by atoms with Crippen LogP contribution in [0.5, 0.6) is 0 Å². The summed E-state index contributed by atoms with van der Waals surface area (Å²) in [6, 6.07) is 0. The number of ketones is 2. The number of Topliss-reactive ketones (excluding diaryl/α,β-unsaturated/α-hetero) is 2. The minimum atomic E-state index is -1.24. The molecule has 1 heterocycles. The molecule has 1 fully saturated rings. The lowest BCUT2D eigenvalue weighted by Gasteiger charge is -2.38. The van der Waals surface area contributed by atoms with Crippen LogP contribution in [0.15, 0.2) is 0 Å². The van der Waals surface area contributed by atoms with E-state index < -0.39 is 27.8 Å². The first-order valence-electron chi connectivity index (χ1n) is 8.59. The van der Waals surface area contributed by atoms with Crippen LogP contribution in [-0.4, -0.2) is 44.1 Å². The second kappa shape index (κ2) is 7.06. The van der Waals surface area contributed by atoms with Crippen LogP contribution in [0.25, 0.3) is 0 Å². The van der Waals surface area contributed by atoms with E-state index in [9.17, 15) is 14.4 Å². The average molecular weight is 356 g/mol. The Kier molecular flexibility index (Phi) is 6.10. The predicted octanol–water partition coefficient (Wildman–Crippen LogP) is 3.41. The lowest BCUT2D eigenvalue weighted by molar-refractivity contribution is -0.156.